The van der Waals surface area contributed by atoms with Crippen molar-refractivity contribution in [2.75, 3.05) is 26.2 Å². The van der Waals surface area contributed by atoms with E-state index in [1.165, 1.54) is 12.1 Å². The Bertz CT molecular complexity index is 694. The van der Waals surface area contributed by atoms with Crippen LogP contribution in [-0.4, -0.2) is 52.9 Å². The van der Waals surface area contributed by atoms with Gasteiger partial charge in [0.2, 0.25) is 5.91 Å². The molecule has 2 amide bonds. The molecule has 2 fully saturated rings. The number of piperidine rings is 2. The number of phenolic OH excluding ortho intramolecular Hbond substituents is 1. The van der Waals surface area contributed by atoms with E-state index < -0.39 is 0 Å². The zero-order valence-electron chi connectivity index (χ0n) is 15.3. The zero-order chi connectivity index (χ0) is 18.7. The molecule has 26 heavy (non-hydrogen) atoms. The normalized spacial score (nSPS) is 23.5. The molecule has 1 unspecified atom stereocenters. The van der Waals surface area contributed by atoms with Gasteiger partial charge in [0, 0.05) is 43.6 Å². The molecule has 0 aromatic heterocycles. The van der Waals surface area contributed by atoms with E-state index in [0.29, 0.717) is 18.5 Å². The lowest BCUT2D eigenvalue weighted by Crippen LogP contribution is -2.55. The van der Waals surface area contributed by atoms with Crippen molar-refractivity contribution in [2.24, 2.45) is 5.41 Å². The molecule has 1 N–H and O–H groups in total. The third kappa shape index (κ3) is 3.98. The largest absolute Gasteiger partial charge is 0.506 e. The van der Waals surface area contributed by atoms with E-state index in [-0.39, 0.29) is 28.0 Å². The third-order valence-corrected chi connectivity index (χ3v) is 5.98. The number of nitrogens with zero attached hydrogens (tertiary/aromatic N) is 2. The van der Waals surface area contributed by atoms with Crippen molar-refractivity contribution >= 4 is 23.4 Å². The van der Waals surface area contributed by atoms with Crippen LogP contribution in [0.5, 0.6) is 5.75 Å². The zero-order valence-corrected chi connectivity index (χ0v) is 16.1. The fourth-order valence-corrected chi connectivity index (χ4v) is 4.37. The average molecular weight is 379 g/mol. The van der Waals surface area contributed by atoms with Gasteiger partial charge in [-0.25, -0.2) is 0 Å². The number of halogens is 1. The van der Waals surface area contributed by atoms with Gasteiger partial charge in [0.1, 0.15) is 5.75 Å². The number of carbonyl (C=O) groups excluding carboxylic acids is 2. The maximum atomic E-state index is 12.9. The summed E-state index contributed by atoms with van der Waals surface area (Å²) in [5, 5.41) is 9.76. The second-order valence-electron chi connectivity index (χ2n) is 7.67. The number of likely N-dealkylation sites (tertiary alicyclic amines) is 2. The van der Waals surface area contributed by atoms with Crippen LogP contribution >= 0.6 is 11.6 Å². The van der Waals surface area contributed by atoms with Gasteiger partial charge in [-0.2, -0.15) is 0 Å². The van der Waals surface area contributed by atoms with Crippen LogP contribution in [0, 0.1) is 5.41 Å². The summed E-state index contributed by atoms with van der Waals surface area (Å²) in [6.07, 6.45) is 5.54. The molecule has 2 saturated heterocycles. The summed E-state index contributed by atoms with van der Waals surface area (Å²) >= 11 is 5.96. The summed E-state index contributed by atoms with van der Waals surface area (Å²) in [4.78, 5) is 29.0. The number of benzene rings is 1. The molecule has 142 valence electrons. The predicted octanol–water partition coefficient (Wildman–Crippen LogP) is 3.69. The van der Waals surface area contributed by atoms with Crippen LogP contribution in [0.25, 0.3) is 0 Å². The van der Waals surface area contributed by atoms with E-state index in [2.05, 4.69) is 6.92 Å². The van der Waals surface area contributed by atoms with Crippen LogP contribution in [0.15, 0.2) is 18.2 Å². The van der Waals surface area contributed by atoms with Gasteiger partial charge in [0.15, 0.2) is 0 Å². The molecule has 1 aromatic carbocycles. The first-order valence-electron chi connectivity index (χ1n) is 9.50. The number of rotatable bonds is 4. The Morgan fingerprint density at radius 3 is 2.85 bits per heavy atom. The van der Waals surface area contributed by atoms with Gasteiger partial charge >= 0.3 is 0 Å². The minimum Gasteiger partial charge on any atom is -0.506 e. The van der Waals surface area contributed by atoms with E-state index in [1.54, 1.807) is 6.07 Å². The fraction of sp³-hybridized carbons (Fsp3) is 0.600. The van der Waals surface area contributed by atoms with Crippen molar-refractivity contribution in [3.8, 4) is 5.75 Å². The standard InChI is InChI=1S/C20H27ClN2O3/c1-2-3-10-22-13-20(9-7-18(22)25)8-4-11-23(14-20)19(26)15-5-6-17(24)16(21)12-15/h5-6,12,24H,2-4,7-11,13-14H2,1H3. The van der Waals surface area contributed by atoms with Crippen molar-refractivity contribution < 1.29 is 14.7 Å². The summed E-state index contributed by atoms with van der Waals surface area (Å²) in [6, 6.07) is 4.60. The van der Waals surface area contributed by atoms with Gasteiger partial charge in [0.25, 0.3) is 5.91 Å². The van der Waals surface area contributed by atoms with E-state index >= 15 is 0 Å². The van der Waals surface area contributed by atoms with Gasteiger partial charge in [-0.15, -0.1) is 0 Å². The molecule has 2 aliphatic rings. The number of amides is 2. The number of aromatic hydroxyl groups is 1. The molecule has 1 atom stereocenters. The summed E-state index contributed by atoms with van der Waals surface area (Å²) in [5.74, 6) is 0.177. The molecule has 6 heteroatoms. The molecule has 0 bridgehead atoms. The molecule has 0 radical (unpaired) electrons. The molecular formula is C20H27ClN2O3. The van der Waals surface area contributed by atoms with Crippen molar-refractivity contribution in [1.29, 1.82) is 0 Å². The van der Waals surface area contributed by atoms with Crippen LogP contribution in [0.2, 0.25) is 5.02 Å². The first-order valence-corrected chi connectivity index (χ1v) is 9.87. The SMILES string of the molecule is CCCCN1CC2(CCCN(C(=O)c3ccc(O)c(Cl)c3)C2)CCC1=O. The second-order valence-corrected chi connectivity index (χ2v) is 8.07. The highest BCUT2D eigenvalue weighted by Gasteiger charge is 2.42. The molecular weight excluding hydrogens is 352 g/mol. The van der Waals surface area contributed by atoms with Crippen molar-refractivity contribution in [3.05, 3.63) is 28.8 Å². The van der Waals surface area contributed by atoms with Gasteiger partial charge in [-0.3, -0.25) is 9.59 Å². The lowest BCUT2D eigenvalue weighted by atomic mass is 9.73. The first kappa shape index (κ1) is 19.0. The number of phenols is 1. The van der Waals surface area contributed by atoms with Gasteiger partial charge < -0.3 is 14.9 Å². The molecule has 1 spiro atoms. The van der Waals surface area contributed by atoms with Crippen LogP contribution in [0.3, 0.4) is 0 Å². The Hall–Kier alpha value is -1.75. The molecule has 0 saturated carbocycles. The van der Waals surface area contributed by atoms with E-state index in [9.17, 15) is 14.7 Å². The monoisotopic (exact) mass is 378 g/mol. The highest BCUT2D eigenvalue weighted by atomic mass is 35.5. The van der Waals surface area contributed by atoms with E-state index in [1.807, 2.05) is 9.80 Å². The van der Waals surface area contributed by atoms with Crippen LogP contribution in [0.1, 0.15) is 55.8 Å². The number of unbranched alkanes of at least 4 members (excludes halogenated alkanes) is 1. The topological polar surface area (TPSA) is 60.9 Å². The van der Waals surface area contributed by atoms with Gasteiger partial charge in [0.05, 0.1) is 5.02 Å². The number of hydrogen-bond donors (Lipinski definition) is 1. The lowest BCUT2D eigenvalue weighted by Gasteiger charge is -2.48. The molecule has 5 nitrogen and oxygen atoms in total. The summed E-state index contributed by atoms with van der Waals surface area (Å²) in [5.41, 5.74) is 0.510. The second kappa shape index (κ2) is 7.87. The maximum Gasteiger partial charge on any atom is 0.253 e. The average Bonchev–Trinajstić information content (AvgIpc) is 2.64. The number of hydrogen-bond acceptors (Lipinski definition) is 3. The van der Waals surface area contributed by atoms with Crippen LogP contribution < -0.4 is 0 Å². The van der Waals surface area contributed by atoms with Crippen LogP contribution in [-0.2, 0) is 4.79 Å². The minimum atomic E-state index is -0.0528. The minimum absolute atomic E-state index is 0.0102. The van der Waals surface area contributed by atoms with Crippen molar-refractivity contribution in [2.45, 2.75) is 45.4 Å². The summed E-state index contributed by atoms with van der Waals surface area (Å²) < 4.78 is 0. The highest BCUT2D eigenvalue weighted by Crippen LogP contribution is 2.39. The number of carbonyl (C=O) groups is 2. The summed E-state index contributed by atoms with van der Waals surface area (Å²) in [7, 11) is 0. The van der Waals surface area contributed by atoms with Crippen molar-refractivity contribution in [3.63, 3.8) is 0 Å². The van der Waals surface area contributed by atoms with E-state index in [0.717, 1.165) is 51.7 Å². The Morgan fingerprint density at radius 1 is 1.31 bits per heavy atom. The van der Waals surface area contributed by atoms with Gasteiger partial charge in [-0.1, -0.05) is 24.9 Å². The highest BCUT2D eigenvalue weighted by molar-refractivity contribution is 6.32. The maximum absolute atomic E-state index is 12.9. The van der Waals surface area contributed by atoms with E-state index in [4.69, 9.17) is 11.6 Å². The smallest absolute Gasteiger partial charge is 0.253 e. The molecule has 2 heterocycles. The first-order chi connectivity index (χ1) is 12.4. The molecule has 2 aliphatic heterocycles. The Labute approximate surface area is 159 Å². The van der Waals surface area contributed by atoms with Crippen molar-refractivity contribution in [1.82, 2.24) is 9.80 Å². The fourth-order valence-electron chi connectivity index (χ4n) is 4.19. The Kier molecular flexibility index (Phi) is 5.76. The summed E-state index contributed by atoms with van der Waals surface area (Å²) in [6.45, 7) is 5.11. The van der Waals surface area contributed by atoms with Gasteiger partial charge in [-0.05, 0) is 43.9 Å². The lowest BCUT2D eigenvalue weighted by molar-refractivity contribution is -0.139. The quantitative estimate of drug-likeness (QED) is 0.869. The molecule has 0 aliphatic carbocycles. The third-order valence-electron chi connectivity index (χ3n) is 5.67. The Morgan fingerprint density at radius 2 is 2.12 bits per heavy atom. The molecule has 1 aromatic rings. The molecule has 3 rings (SSSR count). The predicted molar refractivity (Wildman–Crippen MR) is 101 cm³/mol. The van der Waals surface area contributed by atoms with Crippen LogP contribution in [0.4, 0.5) is 0 Å². The Balaban J connectivity index is 1.72.